The summed E-state index contributed by atoms with van der Waals surface area (Å²) >= 11 is 0. The summed E-state index contributed by atoms with van der Waals surface area (Å²) in [4.78, 5) is 47.9. The number of ether oxygens (including phenoxy) is 1. The maximum Gasteiger partial charge on any atom is 0.309 e. The van der Waals surface area contributed by atoms with E-state index in [0.29, 0.717) is 39.1 Å². The van der Waals surface area contributed by atoms with Crippen LogP contribution in [0.3, 0.4) is 0 Å². The molecule has 0 N–H and O–H groups in total. The predicted octanol–water partition coefficient (Wildman–Crippen LogP) is 3.87. The van der Waals surface area contributed by atoms with Crippen LogP contribution in [-0.4, -0.2) is 56.8 Å². The molecule has 5 rings (SSSR count). The van der Waals surface area contributed by atoms with Gasteiger partial charge in [0.25, 0.3) is 0 Å². The summed E-state index contributed by atoms with van der Waals surface area (Å²) in [5.74, 6) is 0.291. The van der Waals surface area contributed by atoms with Crippen LogP contribution in [0.4, 0.5) is 0 Å². The van der Waals surface area contributed by atoms with Gasteiger partial charge >= 0.3 is 5.97 Å². The van der Waals surface area contributed by atoms with Gasteiger partial charge in [-0.25, -0.2) is 4.98 Å². The third-order valence-corrected chi connectivity index (χ3v) is 7.38. The van der Waals surface area contributed by atoms with Crippen molar-refractivity contribution < 1.29 is 19.1 Å². The van der Waals surface area contributed by atoms with Crippen LogP contribution in [0.25, 0.3) is 11.0 Å². The molecule has 0 spiro atoms. The second-order valence-corrected chi connectivity index (χ2v) is 9.58. The lowest BCUT2D eigenvalue weighted by atomic mass is 9.96. The zero-order valence-electron chi connectivity index (χ0n) is 20.8. The molecule has 3 aromatic rings. The van der Waals surface area contributed by atoms with E-state index in [9.17, 15) is 14.4 Å². The van der Waals surface area contributed by atoms with Gasteiger partial charge in [0.15, 0.2) is 0 Å². The fourth-order valence-electron chi connectivity index (χ4n) is 5.41. The Balaban J connectivity index is 1.41. The number of aromatic nitrogens is 2. The van der Waals surface area contributed by atoms with E-state index in [0.717, 1.165) is 22.4 Å². The normalized spacial score (nSPS) is 20.4. The van der Waals surface area contributed by atoms with E-state index < -0.39 is 6.04 Å². The molecule has 2 aliphatic rings. The third-order valence-electron chi connectivity index (χ3n) is 7.38. The molecule has 3 heterocycles. The second kappa shape index (κ2) is 10.1. The van der Waals surface area contributed by atoms with Gasteiger partial charge in [0.05, 0.1) is 36.0 Å². The molecule has 1 fully saturated rings. The fourth-order valence-corrected chi connectivity index (χ4v) is 5.41. The molecule has 8 heteroatoms. The van der Waals surface area contributed by atoms with Crippen LogP contribution in [-0.2, 0) is 25.7 Å². The van der Waals surface area contributed by atoms with Crippen LogP contribution < -0.4 is 0 Å². The van der Waals surface area contributed by atoms with Crippen LogP contribution in [0.15, 0.2) is 54.6 Å². The highest BCUT2D eigenvalue weighted by atomic mass is 16.5. The summed E-state index contributed by atoms with van der Waals surface area (Å²) < 4.78 is 7.12. The second-order valence-electron chi connectivity index (χ2n) is 9.58. The number of carbonyl (C=O) groups excluding carboxylic acids is 3. The Bertz CT molecular complexity index is 1260. The average molecular weight is 489 g/mol. The van der Waals surface area contributed by atoms with Crippen LogP contribution >= 0.6 is 0 Å². The predicted molar refractivity (Wildman–Crippen MR) is 135 cm³/mol. The van der Waals surface area contributed by atoms with E-state index in [-0.39, 0.29) is 36.2 Å². The Morgan fingerprint density at radius 1 is 1.03 bits per heavy atom. The van der Waals surface area contributed by atoms with Crippen molar-refractivity contribution in [2.45, 2.75) is 51.7 Å². The zero-order chi connectivity index (χ0) is 25.2. The smallest absolute Gasteiger partial charge is 0.309 e. The molecule has 2 aromatic carbocycles. The van der Waals surface area contributed by atoms with E-state index in [1.165, 1.54) is 0 Å². The minimum absolute atomic E-state index is 0.0638. The molecular formula is C28H32N4O4. The molecule has 0 aliphatic carbocycles. The van der Waals surface area contributed by atoms with Crippen LogP contribution in [0.5, 0.6) is 0 Å². The molecule has 0 bridgehead atoms. The summed E-state index contributed by atoms with van der Waals surface area (Å²) in [5.41, 5.74) is 2.72. The van der Waals surface area contributed by atoms with Gasteiger partial charge in [-0.3, -0.25) is 14.4 Å². The Morgan fingerprint density at radius 3 is 2.44 bits per heavy atom. The first-order valence-electron chi connectivity index (χ1n) is 12.7. The van der Waals surface area contributed by atoms with Crippen molar-refractivity contribution in [1.82, 2.24) is 19.4 Å². The van der Waals surface area contributed by atoms with Crippen LogP contribution in [0.1, 0.15) is 56.6 Å². The molecule has 188 valence electrons. The van der Waals surface area contributed by atoms with E-state index in [1.54, 1.807) is 11.8 Å². The quantitative estimate of drug-likeness (QED) is 0.492. The van der Waals surface area contributed by atoms with Crippen molar-refractivity contribution in [2.75, 3.05) is 19.7 Å². The molecule has 36 heavy (non-hydrogen) atoms. The molecular weight excluding hydrogens is 456 g/mol. The van der Waals surface area contributed by atoms with Gasteiger partial charge in [-0.15, -0.1) is 0 Å². The maximum absolute atomic E-state index is 13.9. The van der Waals surface area contributed by atoms with Gasteiger partial charge in [0.1, 0.15) is 11.9 Å². The summed E-state index contributed by atoms with van der Waals surface area (Å²) in [7, 11) is 0. The SMILES string of the molecule is CCOC(=O)C1CCN(C(=O)C[C@@H]2C(=O)N(Cc3ccccc3)[C@H](C)c3nc4ccccc4n32)CC1. The van der Waals surface area contributed by atoms with Gasteiger partial charge in [-0.2, -0.15) is 0 Å². The summed E-state index contributed by atoms with van der Waals surface area (Å²) in [6.07, 6.45) is 1.23. The van der Waals surface area contributed by atoms with E-state index in [1.807, 2.05) is 71.0 Å². The van der Waals surface area contributed by atoms with Gasteiger partial charge < -0.3 is 19.1 Å². The van der Waals surface area contributed by atoms with E-state index in [2.05, 4.69) is 0 Å². The molecule has 2 amide bonds. The number of benzene rings is 2. The largest absolute Gasteiger partial charge is 0.466 e. The average Bonchev–Trinajstić information content (AvgIpc) is 3.29. The van der Waals surface area contributed by atoms with Crippen molar-refractivity contribution in [3.05, 3.63) is 66.0 Å². The van der Waals surface area contributed by atoms with Crippen molar-refractivity contribution in [1.29, 1.82) is 0 Å². The number of piperidine rings is 1. The van der Waals surface area contributed by atoms with Gasteiger partial charge in [-0.1, -0.05) is 42.5 Å². The Morgan fingerprint density at radius 2 is 1.72 bits per heavy atom. The number of nitrogens with zero attached hydrogens (tertiary/aromatic N) is 4. The third kappa shape index (κ3) is 4.47. The van der Waals surface area contributed by atoms with Crippen molar-refractivity contribution in [3.8, 4) is 0 Å². The van der Waals surface area contributed by atoms with E-state index >= 15 is 0 Å². The highest BCUT2D eigenvalue weighted by Crippen LogP contribution is 2.37. The lowest BCUT2D eigenvalue weighted by molar-refractivity contribution is -0.151. The Labute approximate surface area is 210 Å². The summed E-state index contributed by atoms with van der Waals surface area (Å²) in [6, 6.07) is 16.8. The highest BCUT2D eigenvalue weighted by Gasteiger charge is 2.41. The number of esters is 1. The first kappa shape index (κ1) is 24.0. The number of carbonyl (C=O) groups is 3. The highest BCUT2D eigenvalue weighted by molar-refractivity contribution is 5.91. The van der Waals surface area contributed by atoms with Crippen LogP contribution in [0, 0.1) is 5.92 Å². The first-order valence-corrected chi connectivity index (χ1v) is 12.7. The molecule has 1 saturated heterocycles. The summed E-state index contributed by atoms with van der Waals surface area (Å²) in [5, 5.41) is 0. The molecule has 1 aromatic heterocycles. The molecule has 2 aliphatic heterocycles. The van der Waals surface area contributed by atoms with Crippen LogP contribution in [0.2, 0.25) is 0 Å². The number of hydrogen-bond acceptors (Lipinski definition) is 5. The van der Waals surface area contributed by atoms with Crippen molar-refractivity contribution in [2.24, 2.45) is 5.92 Å². The number of amides is 2. The number of likely N-dealkylation sites (tertiary alicyclic amines) is 1. The van der Waals surface area contributed by atoms with Gasteiger partial charge in [-0.05, 0) is 44.4 Å². The molecule has 0 unspecified atom stereocenters. The lowest BCUT2D eigenvalue weighted by Crippen LogP contribution is -2.47. The molecule has 0 radical (unpaired) electrons. The first-order chi connectivity index (χ1) is 17.5. The monoisotopic (exact) mass is 488 g/mol. The van der Waals surface area contributed by atoms with Crippen molar-refractivity contribution in [3.63, 3.8) is 0 Å². The number of hydrogen-bond donors (Lipinski definition) is 0. The number of fused-ring (bicyclic) bond motifs is 3. The zero-order valence-corrected chi connectivity index (χ0v) is 20.8. The topological polar surface area (TPSA) is 84.7 Å². The standard InChI is InChI=1S/C28H32N4O4/c1-3-36-28(35)21-13-15-30(16-14-21)25(33)17-24-27(34)31(18-20-9-5-4-6-10-20)19(2)26-29-22-11-7-8-12-23(22)32(24)26/h4-12,19,21,24H,3,13-18H2,1-2H3/t19-,24-/m1/s1. The Kier molecular flexibility index (Phi) is 6.76. The Hall–Kier alpha value is -3.68. The molecule has 8 nitrogen and oxygen atoms in total. The van der Waals surface area contributed by atoms with E-state index in [4.69, 9.17) is 9.72 Å². The van der Waals surface area contributed by atoms with Crippen molar-refractivity contribution >= 4 is 28.8 Å². The lowest BCUT2D eigenvalue weighted by Gasteiger charge is -2.39. The minimum Gasteiger partial charge on any atom is -0.466 e. The van der Waals surface area contributed by atoms with Gasteiger partial charge in [0, 0.05) is 19.6 Å². The number of imidazole rings is 1. The number of rotatable bonds is 6. The number of para-hydroxylation sites is 2. The molecule has 0 saturated carbocycles. The fraction of sp³-hybridized carbons (Fsp3) is 0.429. The minimum atomic E-state index is -0.664. The molecule has 2 atom stereocenters. The maximum atomic E-state index is 13.9. The summed E-state index contributed by atoms with van der Waals surface area (Å²) in [6.45, 7) is 5.60. The van der Waals surface area contributed by atoms with Gasteiger partial charge in [0.2, 0.25) is 11.8 Å².